The Hall–Kier alpha value is -3.62. The number of nitrogens with zero attached hydrogens (tertiary/aromatic N) is 2. The number of ether oxygens (including phenoxy) is 3. The van der Waals surface area contributed by atoms with Crippen LogP contribution in [0, 0.1) is 6.92 Å². The lowest BCUT2D eigenvalue weighted by atomic mass is 9.94. The summed E-state index contributed by atoms with van der Waals surface area (Å²) in [5.41, 5.74) is 2.11. The molecule has 0 radical (unpaired) electrons. The van der Waals surface area contributed by atoms with Crippen LogP contribution in [0.3, 0.4) is 0 Å². The van der Waals surface area contributed by atoms with Crippen molar-refractivity contribution in [2.45, 2.75) is 26.3 Å². The molecule has 2 fully saturated rings. The van der Waals surface area contributed by atoms with Gasteiger partial charge in [0.2, 0.25) is 0 Å². The van der Waals surface area contributed by atoms with Gasteiger partial charge < -0.3 is 24.2 Å². The van der Waals surface area contributed by atoms with Crippen LogP contribution in [0.1, 0.15) is 36.1 Å². The molecule has 2 saturated heterocycles. The monoisotopic (exact) mass is 520 g/mol. The summed E-state index contributed by atoms with van der Waals surface area (Å²) in [4.78, 5) is 30.5. The fourth-order valence-electron chi connectivity index (χ4n) is 4.92. The van der Waals surface area contributed by atoms with Gasteiger partial charge in [-0.1, -0.05) is 24.8 Å². The summed E-state index contributed by atoms with van der Waals surface area (Å²) in [5, 5.41) is 11.4. The summed E-state index contributed by atoms with van der Waals surface area (Å²) >= 11 is 0. The maximum Gasteiger partial charge on any atom is 0.295 e. The lowest BCUT2D eigenvalue weighted by Crippen LogP contribution is -2.38. The van der Waals surface area contributed by atoms with Gasteiger partial charge in [-0.3, -0.25) is 14.5 Å². The van der Waals surface area contributed by atoms with Crippen LogP contribution in [0.4, 0.5) is 0 Å². The van der Waals surface area contributed by atoms with Crippen molar-refractivity contribution in [2.24, 2.45) is 0 Å². The minimum atomic E-state index is -0.708. The molecule has 202 valence electrons. The van der Waals surface area contributed by atoms with Gasteiger partial charge in [-0.15, -0.1) is 0 Å². The molecule has 0 aromatic heterocycles. The number of rotatable bonds is 11. The van der Waals surface area contributed by atoms with Crippen molar-refractivity contribution < 1.29 is 28.9 Å². The zero-order valence-corrected chi connectivity index (χ0v) is 22.2. The summed E-state index contributed by atoms with van der Waals surface area (Å²) < 4.78 is 16.6. The highest BCUT2D eigenvalue weighted by Gasteiger charge is 2.45. The van der Waals surface area contributed by atoms with E-state index in [1.165, 1.54) is 0 Å². The molecule has 2 heterocycles. The van der Waals surface area contributed by atoms with E-state index in [-0.39, 0.29) is 11.3 Å². The van der Waals surface area contributed by atoms with Crippen LogP contribution in [0.2, 0.25) is 0 Å². The van der Waals surface area contributed by atoms with E-state index in [0.717, 1.165) is 30.8 Å². The number of Topliss-reactive ketones (excluding diaryl/α,β-unsaturated/α-hetero) is 1. The number of ketones is 1. The van der Waals surface area contributed by atoms with E-state index in [4.69, 9.17) is 14.2 Å². The van der Waals surface area contributed by atoms with Gasteiger partial charge in [0.25, 0.3) is 11.7 Å². The van der Waals surface area contributed by atoms with E-state index >= 15 is 0 Å². The van der Waals surface area contributed by atoms with Crippen LogP contribution in [0.15, 0.2) is 60.7 Å². The molecule has 4 rings (SSSR count). The smallest absolute Gasteiger partial charge is 0.295 e. The lowest BCUT2D eigenvalue weighted by Gasteiger charge is -2.29. The highest BCUT2D eigenvalue weighted by molar-refractivity contribution is 6.46. The van der Waals surface area contributed by atoms with Crippen molar-refractivity contribution in [3.8, 4) is 11.5 Å². The van der Waals surface area contributed by atoms with Crippen LogP contribution in [0.25, 0.3) is 5.76 Å². The Kier molecular flexibility index (Phi) is 9.20. The highest BCUT2D eigenvalue weighted by atomic mass is 16.5. The quantitative estimate of drug-likeness (QED) is 0.207. The van der Waals surface area contributed by atoms with Crippen molar-refractivity contribution in [3.05, 3.63) is 77.4 Å². The molecule has 0 spiro atoms. The molecule has 2 aliphatic rings. The lowest BCUT2D eigenvalue weighted by molar-refractivity contribution is -0.140. The molecule has 0 saturated carbocycles. The SMILES string of the molecule is C=CCOc1ccc(C2/C(=C(\O)c3ccc(OCC)c(C)c3)C(=O)C(=O)N2CCCN2CCOCC2)cc1. The molecule has 2 aromatic carbocycles. The number of amides is 1. The average Bonchev–Trinajstić information content (AvgIpc) is 3.18. The van der Waals surface area contributed by atoms with E-state index in [1.54, 1.807) is 41.3 Å². The molecule has 1 atom stereocenters. The zero-order valence-electron chi connectivity index (χ0n) is 22.2. The number of hydrogen-bond donors (Lipinski definition) is 1. The average molecular weight is 521 g/mol. The molecule has 8 heteroatoms. The Balaban J connectivity index is 1.67. The zero-order chi connectivity index (χ0) is 27.1. The molecule has 38 heavy (non-hydrogen) atoms. The molecular weight excluding hydrogens is 484 g/mol. The third-order valence-electron chi connectivity index (χ3n) is 6.83. The molecule has 0 aliphatic carbocycles. The standard InChI is InChI=1S/C30H36N2O6/c1-4-17-38-24-10-7-22(8-11-24)27-26(28(33)23-9-12-25(37-5-2)21(3)20-23)29(34)30(35)32(27)14-6-13-31-15-18-36-19-16-31/h4,7-12,20,27,33H,1,5-6,13-19H2,2-3H3/b28-26+. The Morgan fingerprint density at radius 3 is 2.50 bits per heavy atom. The molecule has 2 aromatic rings. The number of aliphatic hydroxyl groups excluding tert-OH is 1. The van der Waals surface area contributed by atoms with Gasteiger partial charge in [-0.2, -0.15) is 0 Å². The first-order chi connectivity index (χ1) is 18.4. The fourth-order valence-corrected chi connectivity index (χ4v) is 4.92. The van der Waals surface area contributed by atoms with E-state index in [1.807, 2.05) is 26.0 Å². The van der Waals surface area contributed by atoms with Gasteiger partial charge in [0.15, 0.2) is 0 Å². The second-order valence-electron chi connectivity index (χ2n) is 9.38. The van der Waals surface area contributed by atoms with Gasteiger partial charge in [0, 0.05) is 31.7 Å². The van der Waals surface area contributed by atoms with E-state index in [0.29, 0.717) is 56.5 Å². The normalized spacial score (nSPS) is 19.5. The topological polar surface area (TPSA) is 88.5 Å². The van der Waals surface area contributed by atoms with Crippen LogP contribution in [-0.4, -0.2) is 79.2 Å². The van der Waals surface area contributed by atoms with Gasteiger partial charge in [0.1, 0.15) is 23.9 Å². The fraction of sp³-hybridized carbons (Fsp3) is 0.400. The van der Waals surface area contributed by atoms with E-state index < -0.39 is 17.7 Å². The minimum Gasteiger partial charge on any atom is -0.507 e. The summed E-state index contributed by atoms with van der Waals surface area (Å²) in [7, 11) is 0. The Labute approximate surface area is 224 Å². The first-order valence-corrected chi connectivity index (χ1v) is 13.1. The van der Waals surface area contributed by atoms with Crippen molar-refractivity contribution in [1.29, 1.82) is 0 Å². The van der Waals surface area contributed by atoms with Gasteiger partial charge in [-0.05, 0) is 61.7 Å². The summed E-state index contributed by atoms with van der Waals surface area (Å²) in [6, 6.07) is 11.8. The van der Waals surface area contributed by atoms with Gasteiger partial charge in [-0.25, -0.2) is 0 Å². The third-order valence-corrected chi connectivity index (χ3v) is 6.83. The predicted molar refractivity (Wildman–Crippen MR) is 145 cm³/mol. The van der Waals surface area contributed by atoms with Crippen LogP contribution in [0.5, 0.6) is 11.5 Å². The number of morpholine rings is 1. The molecule has 1 N–H and O–H groups in total. The van der Waals surface area contributed by atoms with Crippen molar-refractivity contribution in [2.75, 3.05) is 52.6 Å². The molecule has 1 amide bonds. The second-order valence-corrected chi connectivity index (χ2v) is 9.38. The Morgan fingerprint density at radius 2 is 1.84 bits per heavy atom. The maximum absolute atomic E-state index is 13.3. The van der Waals surface area contributed by atoms with E-state index in [2.05, 4.69) is 11.5 Å². The number of likely N-dealkylation sites (tertiary alicyclic amines) is 1. The predicted octanol–water partition coefficient (Wildman–Crippen LogP) is 4.10. The summed E-state index contributed by atoms with van der Waals surface area (Å²) in [6.07, 6.45) is 2.36. The van der Waals surface area contributed by atoms with Crippen molar-refractivity contribution in [1.82, 2.24) is 9.80 Å². The molecular formula is C30H36N2O6. The maximum atomic E-state index is 13.3. The first-order valence-electron chi connectivity index (χ1n) is 13.1. The summed E-state index contributed by atoms with van der Waals surface area (Å²) in [5.74, 6) is -0.118. The highest BCUT2D eigenvalue weighted by Crippen LogP contribution is 2.40. The molecule has 0 bridgehead atoms. The van der Waals surface area contributed by atoms with Crippen molar-refractivity contribution in [3.63, 3.8) is 0 Å². The molecule has 1 unspecified atom stereocenters. The largest absolute Gasteiger partial charge is 0.507 e. The number of benzene rings is 2. The number of carbonyl (C=O) groups excluding carboxylic acids is 2. The van der Waals surface area contributed by atoms with Crippen LogP contribution in [-0.2, 0) is 14.3 Å². The van der Waals surface area contributed by atoms with Crippen molar-refractivity contribution >= 4 is 17.4 Å². The number of carbonyl (C=O) groups is 2. The molecule has 2 aliphatic heterocycles. The first kappa shape index (κ1) is 27.4. The number of hydrogen-bond acceptors (Lipinski definition) is 7. The van der Waals surface area contributed by atoms with Crippen LogP contribution < -0.4 is 9.47 Å². The Bertz CT molecular complexity index is 1180. The van der Waals surface area contributed by atoms with Crippen LogP contribution >= 0.6 is 0 Å². The third kappa shape index (κ3) is 6.09. The Morgan fingerprint density at radius 1 is 1.11 bits per heavy atom. The number of aryl methyl sites for hydroxylation is 1. The molecule has 8 nitrogen and oxygen atoms in total. The minimum absolute atomic E-state index is 0.0877. The van der Waals surface area contributed by atoms with Gasteiger partial charge in [0.05, 0.1) is 31.4 Å². The van der Waals surface area contributed by atoms with E-state index in [9.17, 15) is 14.7 Å². The summed E-state index contributed by atoms with van der Waals surface area (Å²) in [6.45, 7) is 12.6. The second kappa shape index (κ2) is 12.8. The number of aliphatic hydroxyl groups is 1. The van der Waals surface area contributed by atoms with Gasteiger partial charge >= 0.3 is 0 Å².